The van der Waals surface area contributed by atoms with E-state index < -0.39 is 0 Å². The Balaban J connectivity index is 1.95. The SMILES string of the molecule is COc1ccsc1C(=O)C1CCCc2sccc21. The van der Waals surface area contributed by atoms with E-state index in [9.17, 15) is 4.79 Å². The summed E-state index contributed by atoms with van der Waals surface area (Å²) in [5.41, 5.74) is 1.24. The minimum absolute atomic E-state index is 0.0348. The fraction of sp³-hybridized carbons (Fsp3) is 0.357. The lowest BCUT2D eigenvalue weighted by Crippen LogP contribution is -2.16. The van der Waals surface area contributed by atoms with E-state index in [1.807, 2.05) is 11.4 Å². The van der Waals surface area contributed by atoms with Crippen LogP contribution < -0.4 is 4.74 Å². The lowest BCUT2D eigenvalue weighted by Gasteiger charge is -2.21. The van der Waals surface area contributed by atoms with Crippen LogP contribution in [0.25, 0.3) is 0 Å². The van der Waals surface area contributed by atoms with Crippen LogP contribution >= 0.6 is 22.7 Å². The summed E-state index contributed by atoms with van der Waals surface area (Å²) in [5.74, 6) is 0.973. The molecule has 0 radical (unpaired) electrons. The second-order valence-corrected chi connectivity index (χ2v) is 6.34. The van der Waals surface area contributed by atoms with Crippen LogP contribution in [0, 0.1) is 0 Å². The zero-order valence-corrected chi connectivity index (χ0v) is 11.8. The number of ether oxygens (including phenoxy) is 1. The summed E-state index contributed by atoms with van der Waals surface area (Å²) in [6.07, 6.45) is 3.19. The van der Waals surface area contributed by atoms with E-state index >= 15 is 0 Å². The molecular formula is C14H14O2S2. The van der Waals surface area contributed by atoms with Crippen molar-refractivity contribution >= 4 is 28.5 Å². The van der Waals surface area contributed by atoms with Gasteiger partial charge in [0.05, 0.1) is 7.11 Å². The van der Waals surface area contributed by atoms with Crippen molar-refractivity contribution in [3.8, 4) is 5.75 Å². The Bertz CT molecular complexity index is 568. The van der Waals surface area contributed by atoms with Gasteiger partial charge in [-0.25, -0.2) is 0 Å². The lowest BCUT2D eigenvalue weighted by atomic mass is 9.84. The number of fused-ring (bicyclic) bond motifs is 1. The van der Waals surface area contributed by atoms with Gasteiger partial charge in [0.15, 0.2) is 5.78 Å². The maximum Gasteiger partial charge on any atom is 0.184 e. The molecule has 2 nitrogen and oxygen atoms in total. The molecule has 2 aromatic heterocycles. The molecule has 1 unspecified atom stereocenters. The highest BCUT2D eigenvalue weighted by atomic mass is 32.1. The zero-order valence-electron chi connectivity index (χ0n) is 10.1. The highest BCUT2D eigenvalue weighted by Crippen LogP contribution is 2.39. The smallest absolute Gasteiger partial charge is 0.184 e. The van der Waals surface area contributed by atoms with Gasteiger partial charge in [-0.15, -0.1) is 22.7 Å². The van der Waals surface area contributed by atoms with Crippen LogP contribution in [0.1, 0.15) is 38.9 Å². The predicted molar refractivity (Wildman–Crippen MR) is 75.2 cm³/mol. The monoisotopic (exact) mass is 278 g/mol. The van der Waals surface area contributed by atoms with E-state index in [1.54, 1.807) is 18.4 Å². The molecule has 1 aliphatic carbocycles. The zero-order chi connectivity index (χ0) is 12.5. The quantitative estimate of drug-likeness (QED) is 0.789. The summed E-state index contributed by atoms with van der Waals surface area (Å²) >= 11 is 3.26. The second-order valence-electron chi connectivity index (χ2n) is 4.43. The van der Waals surface area contributed by atoms with Crippen LogP contribution in [0.2, 0.25) is 0 Å². The fourth-order valence-electron chi connectivity index (χ4n) is 2.55. The van der Waals surface area contributed by atoms with Crippen molar-refractivity contribution < 1.29 is 9.53 Å². The third kappa shape index (κ3) is 1.89. The highest BCUT2D eigenvalue weighted by molar-refractivity contribution is 7.12. The summed E-state index contributed by atoms with van der Waals surface area (Å²) in [6.45, 7) is 0. The molecule has 18 heavy (non-hydrogen) atoms. The number of carbonyl (C=O) groups is 1. The van der Waals surface area contributed by atoms with Crippen molar-refractivity contribution in [1.29, 1.82) is 0 Å². The van der Waals surface area contributed by atoms with E-state index in [0.29, 0.717) is 5.75 Å². The molecule has 0 amide bonds. The minimum Gasteiger partial charge on any atom is -0.495 e. The number of thiophene rings is 2. The van der Waals surface area contributed by atoms with Gasteiger partial charge >= 0.3 is 0 Å². The summed E-state index contributed by atoms with van der Waals surface area (Å²) in [7, 11) is 1.62. The Morgan fingerprint density at radius 2 is 2.17 bits per heavy atom. The molecular weight excluding hydrogens is 264 g/mol. The number of methoxy groups -OCH3 is 1. The Morgan fingerprint density at radius 1 is 1.33 bits per heavy atom. The molecule has 0 saturated carbocycles. The van der Waals surface area contributed by atoms with E-state index in [4.69, 9.17) is 4.74 Å². The van der Waals surface area contributed by atoms with Gasteiger partial charge in [-0.3, -0.25) is 4.79 Å². The third-order valence-corrected chi connectivity index (χ3v) is 5.35. The number of aryl methyl sites for hydroxylation is 1. The molecule has 0 fully saturated rings. The lowest BCUT2D eigenvalue weighted by molar-refractivity contribution is 0.0953. The van der Waals surface area contributed by atoms with Gasteiger partial charge in [-0.2, -0.15) is 0 Å². The normalized spacial score (nSPS) is 18.4. The third-order valence-electron chi connectivity index (χ3n) is 3.44. The molecule has 2 aromatic rings. The number of rotatable bonds is 3. The topological polar surface area (TPSA) is 26.3 Å². The molecule has 1 aliphatic rings. The Kier molecular flexibility index (Phi) is 3.22. The molecule has 1 atom stereocenters. The largest absolute Gasteiger partial charge is 0.495 e. The molecule has 0 bridgehead atoms. The average molecular weight is 278 g/mol. The van der Waals surface area contributed by atoms with Gasteiger partial charge in [0.1, 0.15) is 10.6 Å². The molecule has 3 rings (SSSR count). The Morgan fingerprint density at radius 3 is 3.00 bits per heavy atom. The molecule has 0 aromatic carbocycles. The number of carbonyl (C=O) groups excluding carboxylic acids is 1. The Hall–Kier alpha value is -1.13. The van der Waals surface area contributed by atoms with Crippen molar-refractivity contribution in [2.45, 2.75) is 25.2 Å². The van der Waals surface area contributed by atoms with Crippen LogP contribution in [0.15, 0.2) is 22.9 Å². The summed E-state index contributed by atoms with van der Waals surface area (Å²) in [4.78, 5) is 14.8. The molecule has 0 saturated heterocycles. The van der Waals surface area contributed by atoms with Gasteiger partial charge in [0.25, 0.3) is 0 Å². The first-order chi connectivity index (χ1) is 8.81. The first-order valence-corrected chi connectivity index (χ1v) is 7.79. The maximum atomic E-state index is 12.6. The van der Waals surface area contributed by atoms with Crippen molar-refractivity contribution in [3.05, 3.63) is 38.2 Å². The molecule has 0 aliphatic heterocycles. The number of Topliss-reactive ketones (excluding diaryl/α,β-unsaturated/α-hetero) is 1. The van der Waals surface area contributed by atoms with E-state index in [1.165, 1.54) is 21.8 Å². The van der Waals surface area contributed by atoms with Gasteiger partial charge in [-0.1, -0.05) is 0 Å². The van der Waals surface area contributed by atoms with Crippen LogP contribution in [-0.4, -0.2) is 12.9 Å². The number of ketones is 1. The van der Waals surface area contributed by atoms with Gasteiger partial charge in [0, 0.05) is 10.8 Å². The molecule has 94 valence electrons. The van der Waals surface area contributed by atoms with Gasteiger partial charge < -0.3 is 4.74 Å². The fourth-order valence-corrected chi connectivity index (χ4v) is 4.40. The van der Waals surface area contributed by atoms with Crippen molar-refractivity contribution in [2.24, 2.45) is 0 Å². The van der Waals surface area contributed by atoms with Crippen LogP contribution in [0.4, 0.5) is 0 Å². The second kappa shape index (κ2) is 4.86. The minimum atomic E-state index is 0.0348. The van der Waals surface area contributed by atoms with Crippen LogP contribution in [-0.2, 0) is 6.42 Å². The van der Waals surface area contributed by atoms with Gasteiger partial charge in [0.2, 0.25) is 0 Å². The average Bonchev–Trinajstić information content (AvgIpc) is 3.05. The standard InChI is InChI=1S/C14H14O2S2/c1-16-11-6-8-18-14(11)13(15)10-3-2-4-12-9(10)5-7-17-12/h5-8,10H,2-4H2,1H3. The molecule has 0 N–H and O–H groups in total. The molecule has 0 spiro atoms. The number of hydrogen-bond acceptors (Lipinski definition) is 4. The van der Waals surface area contributed by atoms with Crippen molar-refractivity contribution in [2.75, 3.05) is 7.11 Å². The Labute approximate surface area is 114 Å². The summed E-state index contributed by atoms with van der Waals surface area (Å²) in [6, 6.07) is 3.98. The van der Waals surface area contributed by atoms with Crippen LogP contribution in [0.3, 0.4) is 0 Å². The van der Waals surface area contributed by atoms with E-state index in [0.717, 1.165) is 24.1 Å². The summed E-state index contributed by atoms with van der Waals surface area (Å²) in [5, 5.41) is 4.02. The van der Waals surface area contributed by atoms with Crippen molar-refractivity contribution in [1.82, 2.24) is 0 Å². The van der Waals surface area contributed by atoms with Crippen molar-refractivity contribution in [3.63, 3.8) is 0 Å². The van der Waals surface area contributed by atoms with Crippen LogP contribution in [0.5, 0.6) is 5.75 Å². The first kappa shape index (κ1) is 11.9. The first-order valence-electron chi connectivity index (χ1n) is 6.03. The van der Waals surface area contributed by atoms with Gasteiger partial charge in [-0.05, 0) is 47.7 Å². The van der Waals surface area contributed by atoms with E-state index in [2.05, 4.69) is 11.4 Å². The maximum absolute atomic E-state index is 12.6. The highest BCUT2D eigenvalue weighted by Gasteiger charge is 2.30. The summed E-state index contributed by atoms with van der Waals surface area (Å²) < 4.78 is 5.26. The predicted octanol–water partition coefficient (Wildman–Crippen LogP) is 4.12. The molecule has 2 heterocycles. The number of hydrogen-bond donors (Lipinski definition) is 0. The molecule has 4 heteroatoms. The van der Waals surface area contributed by atoms with E-state index in [-0.39, 0.29) is 11.7 Å².